The highest BCUT2D eigenvalue weighted by Crippen LogP contribution is 2.18. The van der Waals surface area contributed by atoms with E-state index in [9.17, 15) is 14.4 Å². The fourth-order valence-electron chi connectivity index (χ4n) is 2.04. The van der Waals surface area contributed by atoms with E-state index in [1.165, 1.54) is 16.9 Å². The molecule has 120 valence electrons. The molecule has 21 heavy (non-hydrogen) atoms. The lowest BCUT2D eigenvalue weighted by Gasteiger charge is -2.40. The molecule has 0 aromatic carbocycles. The Morgan fingerprint density at radius 1 is 1.24 bits per heavy atom. The summed E-state index contributed by atoms with van der Waals surface area (Å²) in [7, 11) is 1.25. The summed E-state index contributed by atoms with van der Waals surface area (Å²) < 4.78 is 9.88. The van der Waals surface area contributed by atoms with Gasteiger partial charge in [0.2, 0.25) is 0 Å². The first kappa shape index (κ1) is 17.1. The van der Waals surface area contributed by atoms with Crippen molar-refractivity contribution in [2.24, 2.45) is 0 Å². The van der Waals surface area contributed by atoms with E-state index >= 15 is 0 Å². The van der Waals surface area contributed by atoms with E-state index in [2.05, 4.69) is 4.74 Å². The molecule has 1 heterocycles. The molecule has 1 saturated heterocycles. The Labute approximate surface area is 123 Å². The zero-order valence-electron chi connectivity index (χ0n) is 12.8. The van der Waals surface area contributed by atoms with E-state index in [-0.39, 0.29) is 26.1 Å². The second kappa shape index (κ2) is 6.64. The third-order valence-corrected chi connectivity index (χ3v) is 3.01. The van der Waals surface area contributed by atoms with Crippen molar-refractivity contribution in [3.05, 3.63) is 0 Å². The topological polar surface area (TPSA) is 96.4 Å². The number of hydrogen-bond acceptors (Lipinski definition) is 5. The molecule has 2 amide bonds. The molecule has 1 N–H and O–H groups in total. The summed E-state index contributed by atoms with van der Waals surface area (Å²) in [5.74, 6) is -0.499. The van der Waals surface area contributed by atoms with Gasteiger partial charge in [0.15, 0.2) is 0 Å². The molecule has 1 aliphatic rings. The van der Waals surface area contributed by atoms with Crippen LogP contribution in [-0.2, 0) is 14.3 Å². The lowest BCUT2D eigenvalue weighted by Crippen LogP contribution is -2.57. The molecule has 8 heteroatoms. The van der Waals surface area contributed by atoms with Crippen LogP contribution in [0.15, 0.2) is 0 Å². The first-order chi connectivity index (χ1) is 9.64. The van der Waals surface area contributed by atoms with E-state index in [1.54, 1.807) is 20.8 Å². The van der Waals surface area contributed by atoms with Gasteiger partial charge in [-0.1, -0.05) is 0 Å². The quantitative estimate of drug-likeness (QED) is 0.769. The summed E-state index contributed by atoms with van der Waals surface area (Å²) in [5, 5.41) is 9.03. The van der Waals surface area contributed by atoms with Crippen LogP contribution in [-0.4, -0.2) is 71.4 Å². The van der Waals surface area contributed by atoms with Crippen molar-refractivity contribution in [2.45, 2.75) is 38.8 Å². The minimum absolute atomic E-state index is 0.0592. The lowest BCUT2D eigenvalue weighted by atomic mass is 10.1. The zero-order valence-corrected chi connectivity index (χ0v) is 12.8. The molecule has 1 aliphatic heterocycles. The number of esters is 1. The maximum absolute atomic E-state index is 12.2. The van der Waals surface area contributed by atoms with Crippen LogP contribution in [0.5, 0.6) is 0 Å². The maximum atomic E-state index is 12.2. The molecule has 1 rings (SSSR count). The molecule has 0 aliphatic carbocycles. The summed E-state index contributed by atoms with van der Waals surface area (Å²) >= 11 is 0. The van der Waals surface area contributed by atoms with E-state index in [1.807, 2.05) is 0 Å². The summed E-state index contributed by atoms with van der Waals surface area (Å²) in [6.45, 7) is 5.66. The van der Waals surface area contributed by atoms with Gasteiger partial charge in [0.25, 0.3) is 0 Å². The van der Waals surface area contributed by atoms with E-state index < -0.39 is 29.8 Å². The average Bonchev–Trinajstić information content (AvgIpc) is 2.36. The number of hydrogen-bond donors (Lipinski definition) is 1. The first-order valence-electron chi connectivity index (χ1n) is 6.68. The van der Waals surface area contributed by atoms with Crippen LogP contribution < -0.4 is 0 Å². The molecular formula is C13H22N2O6. The predicted octanol–water partition coefficient (Wildman–Crippen LogP) is 1.15. The molecule has 0 radical (unpaired) electrons. The highest BCUT2D eigenvalue weighted by Gasteiger charge is 2.36. The smallest absolute Gasteiger partial charge is 0.410 e. The van der Waals surface area contributed by atoms with Crippen molar-refractivity contribution >= 4 is 18.2 Å². The molecule has 0 saturated carbocycles. The predicted molar refractivity (Wildman–Crippen MR) is 73.0 cm³/mol. The third kappa shape index (κ3) is 5.13. The molecule has 0 aromatic rings. The van der Waals surface area contributed by atoms with Gasteiger partial charge in [-0.05, 0) is 20.8 Å². The second-order valence-electron chi connectivity index (χ2n) is 5.84. The number of amides is 2. The van der Waals surface area contributed by atoms with Gasteiger partial charge in [0, 0.05) is 19.6 Å². The van der Waals surface area contributed by atoms with Crippen LogP contribution in [0.4, 0.5) is 9.59 Å². The first-order valence-corrected chi connectivity index (χ1v) is 6.68. The molecule has 1 fully saturated rings. The Morgan fingerprint density at radius 3 is 2.33 bits per heavy atom. The number of piperazine rings is 1. The molecule has 1 atom stereocenters. The summed E-state index contributed by atoms with van der Waals surface area (Å²) in [4.78, 5) is 37.2. The van der Waals surface area contributed by atoms with Gasteiger partial charge in [-0.2, -0.15) is 0 Å². The number of ether oxygens (including phenoxy) is 2. The molecule has 1 unspecified atom stereocenters. The molecule has 0 spiro atoms. The van der Waals surface area contributed by atoms with E-state index in [0.29, 0.717) is 0 Å². The fraction of sp³-hybridized carbons (Fsp3) is 0.769. The standard InChI is InChI=1S/C13H22N2O6/c1-13(2,3)21-12(19)15-6-5-14(11(17)18)8-9(15)7-10(16)20-4/h9H,5-8H2,1-4H3,(H,17,18). The van der Waals surface area contributed by atoms with Crippen LogP contribution >= 0.6 is 0 Å². The number of rotatable bonds is 2. The molecular weight excluding hydrogens is 280 g/mol. The lowest BCUT2D eigenvalue weighted by molar-refractivity contribution is -0.142. The Morgan fingerprint density at radius 2 is 1.86 bits per heavy atom. The van der Waals surface area contributed by atoms with E-state index in [0.717, 1.165) is 0 Å². The van der Waals surface area contributed by atoms with Crippen LogP contribution in [0.1, 0.15) is 27.2 Å². The Kier molecular flexibility index (Phi) is 5.40. The van der Waals surface area contributed by atoms with Crippen molar-refractivity contribution in [1.29, 1.82) is 0 Å². The summed E-state index contributed by atoms with van der Waals surface area (Å²) in [5.41, 5.74) is -0.656. The summed E-state index contributed by atoms with van der Waals surface area (Å²) in [6.07, 6.45) is -1.70. The minimum atomic E-state index is -1.08. The highest BCUT2D eigenvalue weighted by atomic mass is 16.6. The van der Waals surface area contributed by atoms with Gasteiger partial charge in [-0.25, -0.2) is 9.59 Å². The van der Waals surface area contributed by atoms with Gasteiger partial charge in [0.05, 0.1) is 19.6 Å². The SMILES string of the molecule is COC(=O)CC1CN(C(=O)O)CCN1C(=O)OC(C)(C)C. The van der Waals surface area contributed by atoms with Crippen molar-refractivity contribution in [1.82, 2.24) is 9.80 Å². The van der Waals surface area contributed by atoms with Crippen LogP contribution in [0, 0.1) is 0 Å². The van der Waals surface area contributed by atoms with Crippen molar-refractivity contribution in [2.75, 3.05) is 26.7 Å². The summed E-state index contributed by atoms with van der Waals surface area (Å²) in [6, 6.07) is -0.586. The van der Waals surface area contributed by atoms with Crippen LogP contribution in [0.3, 0.4) is 0 Å². The Balaban J connectivity index is 2.81. The van der Waals surface area contributed by atoms with Crippen molar-refractivity contribution < 1.29 is 29.0 Å². The minimum Gasteiger partial charge on any atom is -0.469 e. The van der Waals surface area contributed by atoms with Gasteiger partial charge < -0.3 is 24.4 Å². The average molecular weight is 302 g/mol. The molecule has 0 aromatic heterocycles. The van der Waals surface area contributed by atoms with Gasteiger partial charge in [-0.3, -0.25) is 4.79 Å². The second-order valence-corrected chi connectivity index (χ2v) is 5.84. The van der Waals surface area contributed by atoms with Gasteiger partial charge in [0.1, 0.15) is 5.60 Å². The monoisotopic (exact) mass is 302 g/mol. The van der Waals surface area contributed by atoms with Crippen molar-refractivity contribution in [3.63, 3.8) is 0 Å². The number of nitrogens with zero attached hydrogens (tertiary/aromatic N) is 2. The van der Waals surface area contributed by atoms with Gasteiger partial charge >= 0.3 is 18.2 Å². The fourth-order valence-corrected chi connectivity index (χ4v) is 2.04. The number of carbonyl (C=O) groups excluding carboxylic acids is 2. The highest BCUT2D eigenvalue weighted by molar-refractivity contribution is 5.74. The van der Waals surface area contributed by atoms with Crippen LogP contribution in [0.2, 0.25) is 0 Å². The zero-order chi connectivity index (χ0) is 16.2. The largest absolute Gasteiger partial charge is 0.469 e. The van der Waals surface area contributed by atoms with Gasteiger partial charge in [-0.15, -0.1) is 0 Å². The number of methoxy groups -OCH3 is 1. The molecule has 0 bridgehead atoms. The number of carbonyl (C=O) groups is 3. The van der Waals surface area contributed by atoms with Crippen molar-refractivity contribution in [3.8, 4) is 0 Å². The van der Waals surface area contributed by atoms with Crippen LogP contribution in [0.25, 0.3) is 0 Å². The number of carboxylic acid groups (broad SMARTS) is 1. The maximum Gasteiger partial charge on any atom is 0.410 e. The molecule has 8 nitrogen and oxygen atoms in total. The Bertz CT molecular complexity index is 417. The normalized spacial score (nSPS) is 19.1. The van der Waals surface area contributed by atoms with E-state index in [4.69, 9.17) is 9.84 Å². The third-order valence-electron chi connectivity index (χ3n) is 3.01. The Hall–Kier alpha value is -1.99.